The summed E-state index contributed by atoms with van der Waals surface area (Å²) in [5.41, 5.74) is 1.84. The van der Waals surface area contributed by atoms with Gasteiger partial charge in [-0.15, -0.1) is 0 Å². The van der Waals surface area contributed by atoms with Crippen molar-refractivity contribution in [3.8, 4) is 11.4 Å². The van der Waals surface area contributed by atoms with Crippen LogP contribution in [0.3, 0.4) is 0 Å². The van der Waals surface area contributed by atoms with Crippen molar-refractivity contribution in [1.82, 2.24) is 9.47 Å². The van der Waals surface area contributed by atoms with Gasteiger partial charge in [0.1, 0.15) is 0 Å². The third kappa shape index (κ3) is 6.35. The van der Waals surface area contributed by atoms with Crippen LogP contribution in [0.15, 0.2) is 102 Å². The van der Waals surface area contributed by atoms with Crippen molar-refractivity contribution in [2.24, 2.45) is 5.92 Å². The SMILES string of the molecule is COc1cccn(-c2ccc(CN3C(=O)[C@@]4(O[C@@H](CC(=O)N(CCO)Cc5ccccc5)[C@H]([Si](C)(C)O)[C@H]4C)c4ccccc43)cc2)c1=O. The highest BCUT2D eigenvalue weighted by Gasteiger charge is 2.66. The molecule has 6 rings (SSSR count). The minimum Gasteiger partial charge on any atom is -0.491 e. The first kappa shape index (κ1) is 34.3. The van der Waals surface area contributed by atoms with Crippen LogP contribution in [0.1, 0.15) is 30.0 Å². The number of rotatable bonds is 11. The zero-order chi connectivity index (χ0) is 34.9. The topological polar surface area (TPSA) is 122 Å². The van der Waals surface area contributed by atoms with Crippen LogP contribution < -0.4 is 15.2 Å². The molecule has 2 N–H and O–H groups in total. The van der Waals surface area contributed by atoms with E-state index < -0.39 is 31.5 Å². The van der Waals surface area contributed by atoms with Crippen molar-refractivity contribution in [2.45, 2.75) is 56.8 Å². The maximum absolute atomic E-state index is 14.7. The van der Waals surface area contributed by atoms with Gasteiger partial charge in [0, 0.05) is 42.0 Å². The fourth-order valence-electron chi connectivity index (χ4n) is 7.68. The number of para-hydroxylation sites is 1. The third-order valence-corrected chi connectivity index (χ3v) is 12.4. The Hall–Kier alpha value is -4.55. The molecule has 3 heterocycles. The molecule has 0 bridgehead atoms. The highest BCUT2D eigenvalue weighted by Crippen LogP contribution is 2.59. The van der Waals surface area contributed by atoms with Gasteiger partial charge in [0.2, 0.25) is 5.91 Å². The van der Waals surface area contributed by atoms with Crippen LogP contribution in [0, 0.1) is 5.92 Å². The van der Waals surface area contributed by atoms with Crippen molar-refractivity contribution in [3.05, 3.63) is 124 Å². The number of benzene rings is 3. The second-order valence-electron chi connectivity index (χ2n) is 13.4. The van der Waals surface area contributed by atoms with Crippen LogP contribution in [0.5, 0.6) is 5.75 Å². The average molecular weight is 682 g/mol. The Morgan fingerprint density at radius 1 is 0.959 bits per heavy atom. The number of carbonyl (C=O) groups is 2. The summed E-state index contributed by atoms with van der Waals surface area (Å²) >= 11 is 0. The summed E-state index contributed by atoms with van der Waals surface area (Å²) in [7, 11) is -1.53. The monoisotopic (exact) mass is 681 g/mol. The van der Waals surface area contributed by atoms with Gasteiger partial charge in [0.05, 0.1) is 38.5 Å². The molecular weight excluding hydrogens is 639 g/mol. The van der Waals surface area contributed by atoms with Gasteiger partial charge in [-0.05, 0) is 54.6 Å². The number of methoxy groups -OCH3 is 1. The molecule has 0 radical (unpaired) electrons. The quantitative estimate of drug-likeness (QED) is 0.222. The lowest BCUT2D eigenvalue weighted by atomic mass is 9.82. The normalized spacial score (nSPS) is 21.6. The van der Waals surface area contributed by atoms with Gasteiger partial charge in [0.25, 0.3) is 11.5 Å². The Kier molecular flexibility index (Phi) is 9.63. The highest BCUT2D eigenvalue weighted by molar-refractivity contribution is 6.71. The first-order valence-corrected chi connectivity index (χ1v) is 19.6. The number of aromatic nitrogens is 1. The first-order valence-electron chi connectivity index (χ1n) is 16.6. The van der Waals surface area contributed by atoms with Crippen LogP contribution >= 0.6 is 0 Å². The van der Waals surface area contributed by atoms with Crippen molar-refractivity contribution in [2.75, 3.05) is 25.2 Å². The molecule has 0 unspecified atom stereocenters. The van der Waals surface area contributed by atoms with E-state index in [1.807, 2.05) is 98.9 Å². The van der Waals surface area contributed by atoms with Crippen molar-refractivity contribution >= 4 is 25.8 Å². The second kappa shape index (κ2) is 13.8. The lowest BCUT2D eigenvalue weighted by Gasteiger charge is -2.32. The molecule has 2 amide bonds. The van der Waals surface area contributed by atoms with E-state index in [2.05, 4.69) is 0 Å². The van der Waals surface area contributed by atoms with Crippen LogP contribution in [0.4, 0.5) is 5.69 Å². The Morgan fingerprint density at radius 2 is 1.65 bits per heavy atom. The number of hydrogen-bond acceptors (Lipinski definition) is 7. The number of aliphatic hydroxyl groups is 1. The van der Waals surface area contributed by atoms with Crippen LogP contribution in [-0.2, 0) is 33.0 Å². The molecule has 1 fully saturated rings. The number of hydrogen-bond donors (Lipinski definition) is 2. The molecule has 256 valence electrons. The molecule has 10 nitrogen and oxygen atoms in total. The lowest BCUT2D eigenvalue weighted by molar-refractivity contribution is -0.150. The Labute approximate surface area is 287 Å². The fraction of sp³-hybridized carbons (Fsp3) is 0.342. The number of fused-ring (bicyclic) bond motifs is 2. The molecule has 1 spiro atoms. The molecule has 4 aromatic rings. The van der Waals surface area contributed by atoms with Gasteiger partial charge in [-0.3, -0.25) is 19.0 Å². The van der Waals surface area contributed by atoms with Gasteiger partial charge >= 0.3 is 0 Å². The highest BCUT2D eigenvalue weighted by atomic mass is 28.4. The van der Waals surface area contributed by atoms with Crippen molar-refractivity contribution in [1.29, 1.82) is 0 Å². The fourth-order valence-corrected chi connectivity index (χ4v) is 10.2. The molecule has 4 atom stereocenters. The molecule has 1 aromatic heterocycles. The van der Waals surface area contributed by atoms with E-state index in [-0.39, 0.29) is 49.2 Å². The van der Waals surface area contributed by atoms with E-state index in [0.717, 1.165) is 22.4 Å². The van der Waals surface area contributed by atoms with Gasteiger partial charge in [-0.1, -0.05) is 67.6 Å². The van der Waals surface area contributed by atoms with Crippen LogP contribution in [0.25, 0.3) is 5.69 Å². The number of pyridine rings is 1. The minimum absolute atomic E-state index is 0.0267. The van der Waals surface area contributed by atoms with Gasteiger partial charge in [-0.2, -0.15) is 0 Å². The number of anilines is 1. The molecule has 2 aliphatic rings. The van der Waals surface area contributed by atoms with Gasteiger partial charge < -0.3 is 29.2 Å². The van der Waals surface area contributed by atoms with Crippen molar-refractivity contribution < 1.29 is 29.0 Å². The molecule has 2 aliphatic heterocycles. The minimum atomic E-state index is -2.99. The molecule has 11 heteroatoms. The predicted molar refractivity (Wildman–Crippen MR) is 189 cm³/mol. The molecule has 49 heavy (non-hydrogen) atoms. The maximum Gasteiger partial charge on any atom is 0.297 e. The second-order valence-corrected chi connectivity index (χ2v) is 17.4. The Bertz CT molecular complexity index is 1870. The Balaban J connectivity index is 1.29. The summed E-state index contributed by atoms with van der Waals surface area (Å²) < 4.78 is 13.5. The molecule has 0 saturated carbocycles. The average Bonchev–Trinajstić information content (AvgIpc) is 3.51. The number of amides is 2. The number of nitrogens with zero attached hydrogens (tertiary/aromatic N) is 3. The third-order valence-electron chi connectivity index (χ3n) is 9.89. The summed E-state index contributed by atoms with van der Waals surface area (Å²) in [6, 6.07) is 28.0. The van der Waals surface area contributed by atoms with E-state index in [0.29, 0.717) is 12.2 Å². The van der Waals surface area contributed by atoms with E-state index in [9.17, 15) is 24.3 Å². The predicted octanol–water partition coefficient (Wildman–Crippen LogP) is 4.60. The smallest absolute Gasteiger partial charge is 0.297 e. The lowest BCUT2D eigenvalue weighted by Crippen LogP contribution is -2.46. The molecule has 3 aromatic carbocycles. The number of carbonyl (C=O) groups excluding carboxylic acids is 2. The largest absolute Gasteiger partial charge is 0.491 e. The summed E-state index contributed by atoms with van der Waals surface area (Å²) in [4.78, 5) is 56.3. The molecule has 1 saturated heterocycles. The molecule has 0 aliphatic carbocycles. The summed E-state index contributed by atoms with van der Waals surface area (Å²) in [5, 5.41) is 9.79. The standard InChI is InChI=1S/C38H43N3O7Si/c1-26-35(49(3,4)46)33(23-34(43)39(21-22-42)24-27-11-6-5-7-12-27)48-38(26)30-13-8-9-14-31(30)41(37(38)45)25-28-16-18-29(19-17-28)40-20-10-15-32(47-2)36(40)44/h5-20,26,33,35,42,46H,21-25H2,1-4H3/t26-,33+,35-,38+/m1/s1. The van der Waals surface area contributed by atoms with E-state index in [1.54, 1.807) is 28.1 Å². The zero-order valence-corrected chi connectivity index (χ0v) is 29.3. The number of ether oxygens (including phenoxy) is 2. The van der Waals surface area contributed by atoms with E-state index in [4.69, 9.17) is 9.47 Å². The van der Waals surface area contributed by atoms with Crippen LogP contribution in [0.2, 0.25) is 18.6 Å². The summed E-state index contributed by atoms with van der Waals surface area (Å²) in [6.07, 6.45) is 0.946. The van der Waals surface area contributed by atoms with Gasteiger partial charge in [-0.25, -0.2) is 0 Å². The number of aliphatic hydroxyl groups excluding tert-OH is 1. The molecular formula is C38H43N3O7Si. The summed E-state index contributed by atoms with van der Waals surface area (Å²) in [6.45, 7) is 6.19. The van der Waals surface area contributed by atoms with E-state index >= 15 is 0 Å². The van der Waals surface area contributed by atoms with Crippen molar-refractivity contribution in [3.63, 3.8) is 0 Å². The van der Waals surface area contributed by atoms with E-state index in [1.165, 1.54) is 11.7 Å². The maximum atomic E-state index is 14.7. The summed E-state index contributed by atoms with van der Waals surface area (Å²) in [5.74, 6) is -0.616. The zero-order valence-electron chi connectivity index (χ0n) is 28.3. The Morgan fingerprint density at radius 3 is 2.33 bits per heavy atom. The van der Waals surface area contributed by atoms with Crippen LogP contribution in [-0.4, -0.2) is 65.9 Å². The first-order chi connectivity index (χ1) is 23.5. The van der Waals surface area contributed by atoms with Gasteiger partial charge in [0.15, 0.2) is 19.7 Å².